The van der Waals surface area contributed by atoms with Crippen molar-refractivity contribution >= 4 is 23.2 Å². The van der Waals surface area contributed by atoms with E-state index in [2.05, 4.69) is 15.5 Å². The molecule has 2 N–H and O–H groups in total. The lowest BCUT2D eigenvalue weighted by Crippen LogP contribution is -2.57. The summed E-state index contributed by atoms with van der Waals surface area (Å²) in [7, 11) is 0. The average molecular weight is 364 g/mol. The van der Waals surface area contributed by atoms with E-state index in [1.165, 1.54) is 12.8 Å². The standard InChI is InChI=1S/C19H26ClN3O2/c1-2-25-18-13-4-3-7-21-17(13)15(20)10-14(18)19(24)22-16-11-23-8-5-12(16)6-9-23/h10,12,16,21H,2-9,11H2,1H3,(H,22,24). The smallest absolute Gasteiger partial charge is 0.255 e. The van der Waals surface area contributed by atoms with E-state index in [0.29, 0.717) is 28.9 Å². The average Bonchev–Trinajstić information content (AvgIpc) is 2.65. The maximum Gasteiger partial charge on any atom is 0.255 e. The van der Waals surface area contributed by atoms with E-state index < -0.39 is 0 Å². The predicted molar refractivity (Wildman–Crippen MR) is 99.8 cm³/mol. The zero-order valence-electron chi connectivity index (χ0n) is 14.7. The van der Waals surface area contributed by atoms with Gasteiger partial charge in [-0.15, -0.1) is 0 Å². The van der Waals surface area contributed by atoms with Gasteiger partial charge in [0.1, 0.15) is 5.75 Å². The number of amides is 1. The van der Waals surface area contributed by atoms with Crippen molar-refractivity contribution in [3.8, 4) is 5.75 Å². The van der Waals surface area contributed by atoms with Crippen LogP contribution in [0.15, 0.2) is 6.07 Å². The minimum absolute atomic E-state index is 0.0579. The molecule has 4 aliphatic rings. The van der Waals surface area contributed by atoms with Crippen molar-refractivity contribution in [3.63, 3.8) is 0 Å². The molecule has 0 spiro atoms. The zero-order valence-corrected chi connectivity index (χ0v) is 15.5. The zero-order chi connectivity index (χ0) is 17.4. The molecule has 1 aromatic rings. The summed E-state index contributed by atoms with van der Waals surface area (Å²) in [5, 5.41) is 7.22. The summed E-state index contributed by atoms with van der Waals surface area (Å²) in [6.07, 6.45) is 4.27. The van der Waals surface area contributed by atoms with Crippen molar-refractivity contribution in [2.75, 3.05) is 38.1 Å². The Kier molecular flexibility index (Phi) is 4.78. The van der Waals surface area contributed by atoms with Gasteiger partial charge in [-0.25, -0.2) is 0 Å². The Morgan fingerprint density at radius 3 is 2.92 bits per heavy atom. The first-order valence-electron chi connectivity index (χ1n) is 9.42. The lowest BCUT2D eigenvalue weighted by Gasteiger charge is -2.45. The number of anilines is 1. The van der Waals surface area contributed by atoms with Crippen LogP contribution in [-0.4, -0.2) is 49.6 Å². The van der Waals surface area contributed by atoms with Crippen LogP contribution in [0.1, 0.15) is 42.1 Å². The molecule has 5 rings (SSSR count). The topological polar surface area (TPSA) is 53.6 Å². The minimum Gasteiger partial charge on any atom is -0.493 e. The maximum absolute atomic E-state index is 13.0. The van der Waals surface area contributed by atoms with Crippen LogP contribution in [0.25, 0.3) is 0 Å². The number of ether oxygens (including phenoxy) is 1. The normalized spacial score (nSPS) is 27.4. The van der Waals surface area contributed by atoms with Crippen LogP contribution in [0.3, 0.4) is 0 Å². The molecule has 3 fully saturated rings. The molecule has 25 heavy (non-hydrogen) atoms. The van der Waals surface area contributed by atoms with Gasteiger partial charge in [-0.05, 0) is 57.7 Å². The molecule has 1 unspecified atom stereocenters. The summed E-state index contributed by atoms with van der Waals surface area (Å²) >= 11 is 6.46. The largest absolute Gasteiger partial charge is 0.493 e. The predicted octanol–water partition coefficient (Wildman–Crippen LogP) is 2.92. The van der Waals surface area contributed by atoms with Gasteiger partial charge in [-0.3, -0.25) is 4.79 Å². The number of nitrogens with zero attached hydrogens (tertiary/aromatic N) is 1. The first kappa shape index (κ1) is 17.0. The molecule has 0 radical (unpaired) electrons. The van der Waals surface area contributed by atoms with Crippen LogP contribution in [0.5, 0.6) is 5.75 Å². The molecule has 4 heterocycles. The monoisotopic (exact) mass is 363 g/mol. The Labute approximate surface area is 154 Å². The molecule has 4 aliphatic heterocycles. The molecule has 0 saturated carbocycles. The van der Waals surface area contributed by atoms with Gasteiger partial charge in [-0.1, -0.05) is 11.6 Å². The fourth-order valence-electron chi connectivity index (χ4n) is 4.45. The van der Waals surface area contributed by atoms with Crippen LogP contribution in [0.2, 0.25) is 5.02 Å². The number of piperidine rings is 3. The van der Waals surface area contributed by atoms with Crippen molar-refractivity contribution in [2.45, 2.75) is 38.6 Å². The maximum atomic E-state index is 13.0. The number of carbonyl (C=O) groups is 1. The summed E-state index contributed by atoms with van der Waals surface area (Å²) < 4.78 is 5.89. The van der Waals surface area contributed by atoms with E-state index in [4.69, 9.17) is 16.3 Å². The summed E-state index contributed by atoms with van der Waals surface area (Å²) in [6, 6.07) is 2.00. The van der Waals surface area contributed by atoms with Crippen LogP contribution >= 0.6 is 11.6 Å². The number of benzene rings is 1. The second-order valence-corrected chi connectivity index (χ2v) is 7.68. The van der Waals surface area contributed by atoms with Gasteiger partial charge in [0.05, 0.1) is 22.9 Å². The van der Waals surface area contributed by atoms with Crippen molar-refractivity contribution in [2.24, 2.45) is 5.92 Å². The van der Waals surface area contributed by atoms with Gasteiger partial charge in [-0.2, -0.15) is 0 Å². The molecule has 0 aliphatic carbocycles. The van der Waals surface area contributed by atoms with Gasteiger partial charge < -0.3 is 20.3 Å². The number of nitrogens with one attached hydrogen (secondary N) is 2. The van der Waals surface area contributed by atoms with Crippen molar-refractivity contribution in [1.82, 2.24) is 10.2 Å². The fraction of sp³-hybridized carbons (Fsp3) is 0.632. The van der Waals surface area contributed by atoms with Gasteiger partial charge in [0.25, 0.3) is 5.91 Å². The number of hydrogen-bond donors (Lipinski definition) is 2. The third-order valence-electron chi connectivity index (χ3n) is 5.74. The molecule has 136 valence electrons. The number of fused-ring (bicyclic) bond motifs is 4. The molecule has 1 aromatic carbocycles. The lowest BCUT2D eigenvalue weighted by molar-refractivity contribution is 0.0618. The van der Waals surface area contributed by atoms with Crippen molar-refractivity contribution < 1.29 is 9.53 Å². The van der Waals surface area contributed by atoms with Crippen LogP contribution < -0.4 is 15.4 Å². The molecular formula is C19H26ClN3O2. The highest BCUT2D eigenvalue weighted by molar-refractivity contribution is 6.34. The summed E-state index contributed by atoms with van der Waals surface area (Å²) in [6.45, 7) is 6.68. The van der Waals surface area contributed by atoms with Crippen LogP contribution in [0, 0.1) is 5.92 Å². The van der Waals surface area contributed by atoms with Crippen molar-refractivity contribution in [1.29, 1.82) is 0 Å². The van der Waals surface area contributed by atoms with E-state index in [0.717, 1.165) is 50.3 Å². The second kappa shape index (κ2) is 7.04. The summed E-state index contributed by atoms with van der Waals surface area (Å²) in [5.74, 6) is 1.24. The highest BCUT2D eigenvalue weighted by Gasteiger charge is 2.35. The highest BCUT2D eigenvalue weighted by Crippen LogP contribution is 2.40. The molecular weight excluding hydrogens is 338 g/mol. The Morgan fingerprint density at radius 2 is 2.24 bits per heavy atom. The molecule has 1 atom stereocenters. The van der Waals surface area contributed by atoms with E-state index in [9.17, 15) is 4.79 Å². The Hall–Kier alpha value is -1.46. The molecule has 6 heteroatoms. The van der Waals surface area contributed by atoms with E-state index in [-0.39, 0.29) is 11.9 Å². The first-order valence-corrected chi connectivity index (χ1v) is 9.80. The molecule has 1 amide bonds. The van der Waals surface area contributed by atoms with Gasteiger partial charge in [0.15, 0.2) is 0 Å². The number of hydrogen-bond acceptors (Lipinski definition) is 4. The molecule has 5 nitrogen and oxygen atoms in total. The lowest BCUT2D eigenvalue weighted by atomic mass is 9.84. The third-order valence-corrected chi connectivity index (χ3v) is 6.04. The van der Waals surface area contributed by atoms with Gasteiger partial charge in [0.2, 0.25) is 0 Å². The Balaban J connectivity index is 1.62. The van der Waals surface area contributed by atoms with Crippen LogP contribution in [0.4, 0.5) is 5.69 Å². The quantitative estimate of drug-likeness (QED) is 0.863. The Morgan fingerprint density at radius 1 is 1.44 bits per heavy atom. The summed E-state index contributed by atoms with van der Waals surface area (Å²) in [4.78, 5) is 15.5. The molecule has 2 bridgehead atoms. The highest BCUT2D eigenvalue weighted by atomic mass is 35.5. The number of halogens is 1. The third kappa shape index (κ3) is 3.20. The first-order chi connectivity index (χ1) is 12.2. The van der Waals surface area contributed by atoms with Crippen LogP contribution in [-0.2, 0) is 6.42 Å². The van der Waals surface area contributed by atoms with E-state index >= 15 is 0 Å². The SMILES string of the molecule is CCOc1c(C(=O)NC2CN3CCC2CC3)cc(Cl)c2c1CCCN2. The van der Waals surface area contributed by atoms with Crippen molar-refractivity contribution in [3.05, 3.63) is 22.2 Å². The second-order valence-electron chi connectivity index (χ2n) is 7.27. The van der Waals surface area contributed by atoms with E-state index in [1.54, 1.807) is 6.07 Å². The summed E-state index contributed by atoms with van der Waals surface area (Å²) in [5.41, 5.74) is 2.54. The van der Waals surface area contributed by atoms with Gasteiger partial charge in [0, 0.05) is 24.7 Å². The minimum atomic E-state index is -0.0579. The molecule has 3 saturated heterocycles. The fourth-order valence-corrected chi connectivity index (χ4v) is 4.74. The van der Waals surface area contributed by atoms with Gasteiger partial charge >= 0.3 is 0 Å². The molecule has 0 aromatic heterocycles. The van der Waals surface area contributed by atoms with E-state index in [1.807, 2.05) is 6.92 Å². The Bertz CT molecular complexity index is 671. The number of carbonyl (C=O) groups excluding carboxylic acids is 1. The number of rotatable bonds is 4.